The zero-order chi connectivity index (χ0) is 11.4. The number of rotatable bonds is 4. The molecule has 0 aliphatic heterocycles. The fourth-order valence-electron chi connectivity index (χ4n) is 1.53. The molecule has 1 aromatic carbocycles. The molecule has 0 fully saturated rings. The van der Waals surface area contributed by atoms with Gasteiger partial charge in [0, 0.05) is 24.0 Å². The highest BCUT2D eigenvalue weighted by molar-refractivity contribution is 7.09. The predicted octanol–water partition coefficient (Wildman–Crippen LogP) is 2.39. The van der Waals surface area contributed by atoms with Crippen molar-refractivity contribution >= 4 is 11.3 Å². The SMILES string of the molecule is COc1cccc(C(N)Cc2nccs2)c1. The van der Waals surface area contributed by atoms with E-state index in [4.69, 9.17) is 10.5 Å². The summed E-state index contributed by atoms with van der Waals surface area (Å²) in [5.74, 6) is 0.840. The summed E-state index contributed by atoms with van der Waals surface area (Å²) in [6, 6.07) is 7.83. The lowest BCUT2D eigenvalue weighted by Crippen LogP contribution is -2.13. The molecule has 0 spiro atoms. The molecule has 2 aromatic rings. The third-order valence-electron chi connectivity index (χ3n) is 2.40. The van der Waals surface area contributed by atoms with Gasteiger partial charge in [0.25, 0.3) is 0 Å². The Morgan fingerprint density at radius 3 is 3.06 bits per heavy atom. The number of methoxy groups -OCH3 is 1. The summed E-state index contributed by atoms with van der Waals surface area (Å²) in [5, 5.41) is 3.03. The first-order valence-electron chi connectivity index (χ1n) is 5.07. The van der Waals surface area contributed by atoms with Gasteiger partial charge >= 0.3 is 0 Å². The average Bonchev–Trinajstić information content (AvgIpc) is 2.82. The molecule has 0 aliphatic carbocycles. The molecule has 1 unspecified atom stereocenters. The second-order valence-electron chi connectivity index (χ2n) is 3.51. The summed E-state index contributed by atoms with van der Waals surface area (Å²) >= 11 is 1.63. The van der Waals surface area contributed by atoms with Crippen LogP contribution in [0.5, 0.6) is 5.75 Å². The fourth-order valence-corrected chi connectivity index (χ4v) is 2.21. The maximum Gasteiger partial charge on any atom is 0.119 e. The number of hydrogen-bond donors (Lipinski definition) is 1. The minimum Gasteiger partial charge on any atom is -0.497 e. The number of ether oxygens (including phenoxy) is 1. The van der Waals surface area contributed by atoms with Crippen LogP contribution in [0.4, 0.5) is 0 Å². The van der Waals surface area contributed by atoms with Gasteiger partial charge in [-0.05, 0) is 17.7 Å². The predicted molar refractivity (Wildman–Crippen MR) is 65.7 cm³/mol. The molecule has 0 aliphatic rings. The van der Waals surface area contributed by atoms with Gasteiger partial charge < -0.3 is 10.5 Å². The molecule has 16 heavy (non-hydrogen) atoms. The van der Waals surface area contributed by atoms with Crippen LogP contribution in [-0.4, -0.2) is 12.1 Å². The molecule has 2 N–H and O–H groups in total. The van der Waals surface area contributed by atoms with Gasteiger partial charge in [-0.25, -0.2) is 4.98 Å². The number of thiazole rings is 1. The molecule has 1 heterocycles. The Hall–Kier alpha value is -1.39. The first-order chi connectivity index (χ1) is 7.79. The molecule has 0 radical (unpaired) electrons. The van der Waals surface area contributed by atoms with Crippen molar-refractivity contribution in [2.75, 3.05) is 7.11 Å². The highest BCUT2D eigenvalue weighted by Crippen LogP contribution is 2.21. The molecule has 0 amide bonds. The zero-order valence-corrected chi connectivity index (χ0v) is 9.91. The summed E-state index contributed by atoms with van der Waals surface area (Å²) in [6.07, 6.45) is 2.57. The molecular weight excluding hydrogens is 220 g/mol. The third kappa shape index (κ3) is 2.59. The van der Waals surface area contributed by atoms with Crippen LogP contribution in [0.2, 0.25) is 0 Å². The van der Waals surface area contributed by atoms with Crippen molar-refractivity contribution in [1.82, 2.24) is 4.98 Å². The van der Waals surface area contributed by atoms with E-state index in [2.05, 4.69) is 4.98 Å². The second kappa shape index (κ2) is 5.09. The summed E-state index contributed by atoms with van der Waals surface area (Å²) in [5.41, 5.74) is 7.20. The quantitative estimate of drug-likeness (QED) is 0.883. The standard InChI is InChI=1S/C12H14N2OS/c1-15-10-4-2-3-9(7-10)11(13)8-12-14-5-6-16-12/h2-7,11H,8,13H2,1H3. The molecular formula is C12H14N2OS. The van der Waals surface area contributed by atoms with Crippen molar-refractivity contribution in [1.29, 1.82) is 0 Å². The van der Waals surface area contributed by atoms with E-state index in [-0.39, 0.29) is 6.04 Å². The van der Waals surface area contributed by atoms with Gasteiger partial charge in [0.05, 0.1) is 12.1 Å². The minimum atomic E-state index is -0.0266. The maximum absolute atomic E-state index is 6.12. The van der Waals surface area contributed by atoms with Gasteiger partial charge in [0.15, 0.2) is 0 Å². The summed E-state index contributed by atoms with van der Waals surface area (Å²) in [7, 11) is 1.66. The Balaban J connectivity index is 2.11. The number of hydrogen-bond acceptors (Lipinski definition) is 4. The molecule has 0 saturated heterocycles. The molecule has 0 saturated carbocycles. The Kier molecular flexibility index (Phi) is 3.54. The summed E-state index contributed by atoms with van der Waals surface area (Å²) in [4.78, 5) is 4.23. The number of benzene rings is 1. The van der Waals surface area contributed by atoms with Gasteiger partial charge in [-0.2, -0.15) is 0 Å². The zero-order valence-electron chi connectivity index (χ0n) is 9.09. The molecule has 3 nitrogen and oxygen atoms in total. The van der Waals surface area contributed by atoms with Crippen molar-refractivity contribution in [3.05, 3.63) is 46.4 Å². The van der Waals surface area contributed by atoms with E-state index in [1.165, 1.54) is 0 Å². The van der Waals surface area contributed by atoms with Crippen LogP contribution in [0.25, 0.3) is 0 Å². The topological polar surface area (TPSA) is 48.1 Å². The second-order valence-corrected chi connectivity index (χ2v) is 4.49. The van der Waals surface area contributed by atoms with Crippen molar-refractivity contribution in [2.45, 2.75) is 12.5 Å². The van der Waals surface area contributed by atoms with Crippen molar-refractivity contribution in [2.24, 2.45) is 5.73 Å². The van der Waals surface area contributed by atoms with E-state index in [0.717, 1.165) is 22.7 Å². The van der Waals surface area contributed by atoms with Crippen molar-refractivity contribution in [3.8, 4) is 5.75 Å². The highest BCUT2D eigenvalue weighted by atomic mass is 32.1. The lowest BCUT2D eigenvalue weighted by atomic mass is 10.0. The van der Waals surface area contributed by atoms with E-state index >= 15 is 0 Å². The van der Waals surface area contributed by atoms with E-state index in [0.29, 0.717) is 0 Å². The van der Waals surface area contributed by atoms with Crippen LogP contribution in [0.3, 0.4) is 0 Å². The number of nitrogens with two attached hydrogens (primary N) is 1. The van der Waals surface area contributed by atoms with E-state index in [1.54, 1.807) is 24.6 Å². The number of nitrogens with zero attached hydrogens (tertiary/aromatic N) is 1. The van der Waals surface area contributed by atoms with Gasteiger partial charge in [0.2, 0.25) is 0 Å². The van der Waals surface area contributed by atoms with Gasteiger partial charge in [-0.3, -0.25) is 0 Å². The number of aromatic nitrogens is 1. The minimum absolute atomic E-state index is 0.0266. The van der Waals surface area contributed by atoms with Gasteiger partial charge in [-0.15, -0.1) is 11.3 Å². The normalized spacial score (nSPS) is 12.4. The Morgan fingerprint density at radius 1 is 1.50 bits per heavy atom. The Bertz CT molecular complexity index is 442. The lowest BCUT2D eigenvalue weighted by molar-refractivity contribution is 0.414. The highest BCUT2D eigenvalue weighted by Gasteiger charge is 2.09. The Labute approximate surface area is 98.9 Å². The van der Waals surface area contributed by atoms with Crippen molar-refractivity contribution < 1.29 is 4.74 Å². The fraction of sp³-hybridized carbons (Fsp3) is 0.250. The van der Waals surface area contributed by atoms with Crippen LogP contribution in [0, 0.1) is 0 Å². The average molecular weight is 234 g/mol. The van der Waals surface area contributed by atoms with Crippen LogP contribution in [0.1, 0.15) is 16.6 Å². The summed E-state index contributed by atoms with van der Waals surface area (Å²) < 4.78 is 5.17. The summed E-state index contributed by atoms with van der Waals surface area (Å²) in [6.45, 7) is 0. The molecule has 1 aromatic heterocycles. The largest absolute Gasteiger partial charge is 0.497 e. The molecule has 84 valence electrons. The lowest BCUT2D eigenvalue weighted by Gasteiger charge is -2.11. The van der Waals surface area contributed by atoms with E-state index in [9.17, 15) is 0 Å². The monoisotopic (exact) mass is 234 g/mol. The van der Waals surface area contributed by atoms with E-state index in [1.807, 2.05) is 29.6 Å². The van der Waals surface area contributed by atoms with Crippen LogP contribution >= 0.6 is 11.3 Å². The molecule has 2 rings (SSSR count). The Morgan fingerprint density at radius 2 is 2.38 bits per heavy atom. The van der Waals surface area contributed by atoms with Crippen LogP contribution in [0.15, 0.2) is 35.8 Å². The first-order valence-corrected chi connectivity index (χ1v) is 5.95. The molecule has 1 atom stereocenters. The smallest absolute Gasteiger partial charge is 0.119 e. The van der Waals surface area contributed by atoms with E-state index < -0.39 is 0 Å². The van der Waals surface area contributed by atoms with Crippen molar-refractivity contribution in [3.63, 3.8) is 0 Å². The third-order valence-corrected chi connectivity index (χ3v) is 3.20. The molecule has 0 bridgehead atoms. The molecule has 4 heteroatoms. The van der Waals surface area contributed by atoms with Gasteiger partial charge in [0.1, 0.15) is 5.75 Å². The van der Waals surface area contributed by atoms with Crippen LogP contribution in [-0.2, 0) is 6.42 Å². The van der Waals surface area contributed by atoms with Crippen LogP contribution < -0.4 is 10.5 Å². The first kappa shape index (κ1) is 11.1. The van der Waals surface area contributed by atoms with Gasteiger partial charge in [-0.1, -0.05) is 12.1 Å². The maximum atomic E-state index is 6.12.